The van der Waals surface area contributed by atoms with E-state index in [1.807, 2.05) is 0 Å². The Hall–Kier alpha value is -2.04. The van der Waals surface area contributed by atoms with E-state index in [-0.39, 0.29) is 29.7 Å². The Labute approximate surface area is 120 Å². The minimum absolute atomic E-state index is 0.236. The molecule has 1 aliphatic rings. The van der Waals surface area contributed by atoms with Crippen molar-refractivity contribution in [2.75, 3.05) is 20.3 Å². The summed E-state index contributed by atoms with van der Waals surface area (Å²) in [7, 11) is -2.94. The first kappa shape index (κ1) is 15.4. The van der Waals surface area contributed by atoms with Crippen molar-refractivity contribution < 1.29 is 27.6 Å². The fourth-order valence-electron chi connectivity index (χ4n) is 1.72. The number of nitro groups is 1. The number of rotatable bonds is 5. The summed E-state index contributed by atoms with van der Waals surface area (Å²) in [6, 6.07) is 2.51. The Kier molecular flexibility index (Phi) is 4.21. The number of non-ortho nitro benzene ring substituents is 1. The fourth-order valence-corrected chi connectivity index (χ4v) is 3.10. The number of methoxy groups -OCH3 is 1. The highest BCUT2D eigenvalue weighted by Gasteiger charge is 2.30. The first-order valence-corrected chi connectivity index (χ1v) is 7.30. The van der Waals surface area contributed by atoms with E-state index >= 15 is 0 Å². The van der Waals surface area contributed by atoms with Crippen molar-refractivity contribution in [1.29, 1.82) is 0 Å². The van der Waals surface area contributed by atoms with Crippen LogP contribution in [0.2, 0.25) is 0 Å². The molecule has 0 bridgehead atoms. The van der Waals surface area contributed by atoms with Crippen molar-refractivity contribution in [3.05, 3.63) is 33.9 Å². The standard InChI is InChI=1S/C11H12N2O7S/c1-19-11(14)9-4-8(13(15)16)2-3-10(9)21(17,18)12-7-5-20-6-7/h2-4,7,12H,5-6H2,1H3. The van der Waals surface area contributed by atoms with Gasteiger partial charge in [-0.2, -0.15) is 0 Å². The second kappa shape index (κ2) is 5.76. The quantitative estimate of drug-likeness (QED) is 0.462. The van der Waals surface area contributed by atoms with E-state index in [4.69, 9.17) is 4.74 Å². The van der Waals surface area contributed by atoms with Gasteiger partial charge in [0.1, 0.15) is 0 Å². The maximum Gasteiger partial charge on any atom is 0.339 e. The zero-order valence-electron chi connectivity index (χ0n) is 10.9. The predicted molar refractivity (Wildman–Crippen MR) is 69.4 cm³/mol. The second-order valence-electron chi connectivity index (χ2n) is 4.28. The minimum Gasteiger partial charge on any atom is -0.465 e. The van der Waals surface area contributed by atoms with Gasteiger partial charge in [-0.1, -0.05) is 0 Å². The molecular weight excluding hydrogens is 304 g/mol. The van der Waals surface area contributed by atoms with Gasteiger partial charge in [-0.25, -0.2) is 17.9 Å². The average Bonchev–Trinajstić information content (AvgIpc) is 2.41. The lowest BCUT2D eigenvalue weighted by atomic mass is 10.2. The SMILES string of the molecule is COC(=O)c1cc([N+](=O)[O-])ccc1S(=O)(=O)NC1COC1. The number of nitrogens with zero attached hydrogens (tertiary/aromatic N) is 1. The number of hydrogen-bond acceptors (Lipinski definition) is 7. The van der Waals surface area contributed by atoms with Crippen LogP contribution in [-0.4, -0.2) is 45.7 Å². The number of esters is 1. The number of carbonyl (C=O) groups excluding carboxylic acids is 1. The van der Waals surface area contributed by atoms with Crippen LogP contribution in [0, 0.1) is 10.1 Å². The van der Waals surface area contributed by atoms with Gasteiger partial charge in [0.25, 0.3) is 5.69 Å². The maximum absolute atomic E-state index is 12.2. The van der Waals surface area contributed by atoms with Crippen LogP contribution in [0.15, 0.2) is 23.1 Å². The number of ether oxygens (including phenoxy) is 2. The van der Waals surface area contributed by atoms with Crippen LogP contribution < -0.4 is 4.72 Å². The predicted octanol–water partition coefficient (Wildman–Crippen LogP) is 0.0585. The van der Waals surface area contributed by atoms with Gasteiger partial charge >= 0.3 is 5.97 Å². The monoisotopic (exact) mass is 316 g/mol. The van der Waals surface area contributed by atoms with Gasteiger partial charge in [-0.3, -0.25) is 10.1 Å². The minimum atomic E-state index is -4.00. The van der Waals surface area contributed by atoms with Crippen LogP contribution in [0.5, 0.6) is 0 Å². The lowest BCUT2D eigenvalue weighted by Gasteiger charge is -2.26. The van der Waals surface area contributed by atoms with E-state index in [2.05, 4.69) is 9.46 Å². The highest BCUT2D eigenvalue weighted by Crippen LogP contribution is 2.23. The molecule has 21 heavy (non-hydrogen) atoms. The number of hydrogen-bond donors (Lipinski definition) is 1. The summed E-state index contributed by atoms with van der Waals surface area (Å²) < 4.78 is 36.1. The Bertz CT molecular complexity index is 682. The highest BCUT2D eigenvalue weighted by atomic mass is 32.2. The van der Waals surface area contributed by atoms with Crippen LogP contribution >= 0.6 is 0 Å². The van der Waals surface area contributed by atoms with Crippen molar-refractivity contribution in [1.82, 2.24) is 4.72 Å². The zero-order chi connectivity index (χ0) is 15.6. The van der Waals surface area contributed by atoms with E-state index in [9.17, 15) is 23.3 Å². The van der Waals surface area contributed by atoms with Gasteiger partial charge in [0.15, 0.2) is 0 Å². The lowest BCUT2D eigenvalue weighted by molar-refractivity contribution is -0.384. The van der Waals surface area contributed by atoms with Crippen molar-refractivity contribution in [3.8, 4) is 0 Å². The molecule has 9 nitrogen and oxygen atoms in total. The Morgan fingerprint density at radius 1 is 1.48 bits per heavy atom. The van der Waals surface area contributed by atoms with Crippen molar-refractivity contribution in [2.45, 2.75) is 10.9 Å². The number of carbonyl (C=O) groups is 1. The first-order chi connectivity index (χ1) is 9.85. The summed E-state index contributed by atoms with van der Waals surface area (Å²) in [6.07, 6.45) is 0. The third kappa shape index (κ3) is 3.17. The molecule has 1 aromatic carbocycles. The molecule has 0 saturated carbocycles. The summed E-state index contributed by atoms with van der Waals surface area (Å²) >= 11 is 0. The summed E-state index contributed by atoms with van der Waals surface area (Å²) in [5.41, 5.74) is -0.791. The molecule has 1 heterocycles. The molecule has 0 radical (unpaired) electrons. The van der Waals surface area contributed by atoms with Crippen LogP contribution in [0.3, 0.4) is 0 Å². The van der Waals surface area contributed by atoms with E-state index < -0.39 is 26.6 Å². The summed E-state index contributed by atoms with van der Waals surface area (Å²) in [5, 5.41) is 10.7. The lowest BCUT2D eigenvalue weighted by Crippen LogP contribution is -2.48. The van der Waals surface area contributed by atoms with Gasteiger partial charge in [0.2, 0.25) is 10.0 Å². The third-order valence-corrected chi connectivity index (χ3v) is 4.41. The van der Waals surface area contributed by atoms with Gasteiger partial charge in [-0.05, 0) is 6.07 Å². The summed E-state index contributed by atoms with van der Waals surface area (Å²) in [5.74, 6) is -0.969. The molecule has 10 heteroatoms. The van der Waals surface area contributed by atoms with Crippen molar-refractivity contribution in [2.24, 2.45) is 0 Å². The summed E-state index contributed by atoms with van der Waals surface area (Å²) in [4.78, 5) is 21.3. The molecule has 1 saturated heterocycles. The number of nitro benzene ring substituents is 1. The molecule has 0 unspecified atom stereocenters. The van der Waals surface area contributed by atoms with E-state index in [0.29, 0.717) is 0 Å². The van der Waals surface area contributed by atoms with E-state index in [1.54, 1.807) is 0 Å². The van der Waals surface area contributed by atoms with E-state index in [1.165, 1.54) is 0 Å². The topological polar surface area (TPSA) is 125 Å². The third-order valence-electron chi connectivity index (χ3n) is 2.83. The van der Waals surface area contributed by atoms with Crippen LogP contribution in [0.25, 0.3) is 0 Å². The van der Waals surface area contributed by atoms with Crippen LogP contribution in [-0.2, 0) is 19.5 Å². The molecule has 2 rings (SSSR count). The first-order valence-electron chi connectivity index (χ1n) is 5.82. The molecule has 0 amide bonds. The highest BCUT2D eigenvalue weighted by molar-refractivity contribution is 7.89. The second-order valence-corrected chi connectivity index (χ2v) is 5.97. The van der Waals surface area contributed by atoms with Crippen molar-refractivity contribution >= 4 is 21.7 Å². The van der Waals surface area contributed by atoms with Gasteiger partial charge in [0.05, 0.1) is 41.7 Å². The Morgan fingerprint density at radius 3 is 2.62 bits per heavy atom. The summed E-state index contributed by atoms with van der Waals surface area (Å²) in [6.45, 7) is 0.472. The Balaban J connectivity index is 2.46. The van der Waals surface area contributed by atoms with Gasteiger partial charge in [0, 0.05) is 12.1 Å². The molecule has 114 valence electrons. The molecule has 0 spiro atoms. The molecule has 1 fully saturated rings. The normalized spacial score (nSPS) is 15.3. The number of sulfonamides is 1. The smallest absolute Gasteiger partial charge is 0.339 e. The van der Waals surface area contributed by atoms with E-state index in [0.717, 1.165) is 25.3 Å². The largest absolute Gasteiger partial charge is 0.465 e. The molecule has 0 aliphatic carbocycles. The molecule has 0 aromatic heterocycles. The molecule has 1 N–H and O–H groups in total. The zero-order valence-corrected chi connectivity index (χ0v) is 11.8. The number of benzene rings is 1. The van der Waals surface area contributed by atoms with Crippen LogP contribution in [0.1, 0.15) is 10.4 Å². The maximum atomic E-state index is 12.2. The average molecular weight is 316 g/mol. The molecular formula is C11H12N2O7S. The molecule has 1 aromatic rings. The fraction of sp³-hybridized carbons (Fsp3) is 0.364. The molecule has 0 atom stereocenters. The number of nitrogens with one attached hydrogen (secondary N) is 1. The van der Waals surface area contributed by atoms with Gasteiger partial charge in [-0.15, -0.1) is 0 Å². The van der Waals surface area contributed by atoms with Crippen molar-refractivity contribution in [3.63, 3.8) is 0 Å². The Morgan fingerprint density at radius 2 is 2.14 bits per heavy atom. The van der Waals surface area contributed by atoms with Gasteiger partial charge < -0.3 is 9.47 Å². The van der Waals surface area contributed by atoms with Crippen LogP contribution in [0.4, 0.5) is 5.69 Å². The molecule has 1 aliphatic heterocycles.